The molecular formula is C13H11F3N2O. The van der Waals surface area contributed by atoms with E-state index in [2.05, 4.69) is 0 Å². The Morgan fingerprint density at radius 3 is 2.63 bits per heavy atom. The molecule has 1 aliphatic rings. The Bertz CT molecular complexity index is 546. The number of benzene rings is 1. The third-order valence-corrected chi connectivity index (χ3v) is 3.05. The number of carbonyl (C=O) groups excluding carboxylic acids is 1. The van der Waals surface area contributed by atoms with Gasteiger partial charge < -0.3 is 4.90 Å². The molecule has 0 aromatic heterocycles. The topological polar surface area (TPSA) is 44.1 Å². The summed E-state index contributed by atoms with van der Waals surface area (Å²) in [6.45, 7) is 0.804. The lowest BCUT2D eigenvalue weighted by atomic mass is 10.0. The van der Waals surface area contributed by atoms with Gasteiger partial charge in [-0.3, -0.25) is 4.79 Å². The first-order valence-electron chi connectivity index (χ1n) is 5.80. The van der Waals surface area contributed by atoms with Crippen molar-refractivity contribution in [2.24, 2.45) is 0 Å². The van der Waals surface area contributed by atoms with Gasteiger partial charge in [0.05, 0.1) is 23.7 Å². The Hall–Kier alpha value is -2.03. The number of alkyl halides is 3. The van der Waals surface area contributed by atoms with E-state index in [9.17, 15) is 18.0 Å². The molecule has 1 aromatic rings. The molecule has 1 aliphatic heterocycles. The Balaban J connectivity index is 2.34. The molecule has 1 fully saturated rings. The number of anilines is 1. The molecule has 0 N–H and O–H groups in total. The van der Waals surface area contributed by atoms with Gasteiger partial charge in [0.1, 0.15) is 0 Å². The van der Waals surface area contributed by atoms with Gasteiger partial charge in [0.2, 0.25) is 0 Å². The monoisotopic (exact) mass is 268 g/mol. The summed E-state index contributed by atoms with van der Waals surface area (Å²) in [6.07, 6.45) is -3.36. The van der Waals surface area contributed by atoms with Crippen molar-refractivity contribution in [1.29, 1.82) is 5.26 Å². The van der Waals surface area contributed by atoms with Crippen molar-refractivity contribution >= 4 is 11.5 Å². The van der Waals surface area contributed by atoms with Crippen LogP contribution in [0.3, 0.4) is 0 Å². The van der Waals surface area contributed by atoms with Crippen molar-refractivity contribution in [1.82, 2.24) is 0 Å². The van der Waals surface area contributed by atoms with Crippen molar-refractivity contribution in [3.05, 3.63) is 29.3 Å². The van der Waals surface area contributed by atoms with Crippen LogP contribution in [-0.4, -0.2) is 18.9 Å². The second-order valence-corrected chi connectivity index (χ2v) is 4.40. The molecule has 6 heteroatoms. The number of Topliss-reactive ketones (excluding diaryl/α,β-unsaturated/α-hetero) is 1. The number of nitrogens with zero attached hydrogens (tertiary/aromatic N) is 2. The number of halogens is 3. The highest BCUT2D eigenvalue weighted by Crippen LogP contribution is 2.34. The van der Waals surface area contributed by atoms with Crippen molar-refractivity contribution < 1.29 is 18.0 Å². The first kappa shape index (κ1) is 13.4. The van der Waals surface area contributed by atoms with Crippen molar-refractivity contribution in [2.45, 2.75) is 19.0 Å². The highest BCUT2D eigenvalue weighted by atomic mass is 19.4. The van der Waals surface area contributed by atoms with Crippen LogP contribution in [-0.2, 0) is 11.0 Å². The van der Waals surface area contributed by atoms with Crippen LogP contribution in [0.15, 0.2) is 18.2 Å². The van der Waals surface area contributed by atoms with Crippen LogP contribution < -0.4 is 4.90 Å². The molecule has 0 radical (unpaired) electrons. The molecule has 0 aliphatic carbocycles. The summed E-state index contributed by atoms with van der Waals surface area (Å²) in [7, 11) is 0. The van der Waals surface area contributed by atoms with Crippen molar-refractivity contribution in [2.75, 3.05) is 18.0 Å². The van der Waals surface area contributed by atoms with Crippen LogP contribution in [0.1, 0.15) is 24.0 Å². The van der Waals surface area contributed by atoms with Gasteiger partial charge in [0, 0.05) is 18.7 Å². The molecule has 100 valence electrons. The Morgan fingerprint density at radius 1 is 1.32 bits per heavy atom. The smallest absolute Gasteiger partial charge is 0.364 e. The molecular weight excluding hydrogens is 257 g/mol. The summed E-state index contributed by atoms with van der Waals surface area (Å²) in [5.74, 6) is 0.0599. The van der Waals surface area contributed by atoms with E-state index in [0.717, 1.165) is 6.07 Å². The van der Waals surface area contributed by atoms with Crippen molar-refractivity contribution in [3.8, 4) is 6.07 Å². The number of piperidine rings is 1. The predicted octanol–water partition coefficient (Wildman–Crippen LogP) is 2.75. The van der Waals surface area contributed by atoms with Gasteiger partial charge in [0.25, 0.3) is 0 Å². The highest BCUT2D eigenvalue weighted by Gasteiger charge is 2.34. The number of hydrogen-bond donors (Lipinski definition) is 0. The van der Waals surface area contributed by atoms with Gasteiger partial charge in [-0.2, -0.15) is 18.4 Å². The van der Waals surface area contributed by atoms with Crippen LogP contribution in [0, 0.1) is 11.3 Å². The lowest BCUT2D eigenvalue weighted by Gasteiger charge is -2.28. The maximum absolute atomic E-state index is 12.7. The minimum Gasteiger partial charge on any atom is -0.364 e. The molecule has 1 heterocycles. The first-order chi connectivity index (χ1) is 8.91. The van der Waals surface area contributed by atoms with Gasteiger partial charge in [-0.1, -0.05) is 0 Å². The first-order valence-corrected chi connectivity index (χ1v) is 5.80. The van der Waals surface area contributed by atoms with E-state index in [1.165, 1.54) is 12.1 Å². The Morgan fingerprint density at radius 2 is 2.05 bits per heavy atom. The molecule has 0 atom stereocenters. The molecule has 3 nitrogen and oxygen atoms in total. The van der Waals surface area contributed by atoms with Crippen LogP contribution >= 0.6 is 0 Å². The number of rotatable bonds is 1. The van der Waals surface area contributed by atoms with E-state index in [1.54, 1.807) is 11.0 Å². The largest absolute Gasteiger partial charge is 0.417 e. The molecule has 1 saturated heterocycles. The summed E-state index contributed by atoms with van der Waals surface area (Å²) in [5.41, 5.74) is -0.872. The van der Waals surface area contributed by atoms with Gasteiger partial charge in [0.15, 0.2) is 5.78 Å². The third-order valence-electron chi connectivity index (χ3n) is 3.05. The summed E-state index contributed by atoms with van der Waals surface area (Å²) in [6, 6.07) is 4.96. The van der Waals surface area contributed by atoms with Crippen LogP contribution in [0.5, 0.6) is 0 Å². The second-order valence-electron chi connectivity index (χ2n) is 4.40. The standard InChI is InChI=1S/C13H11F3N2O/c14-13(15,16)12-4-3-10(6-9(12)7-17)18-5-1-2-11(19)8-18/h3-4,6H,1-2,5,8H2. The maximum atomic E-state index is 12.7. The molecule has 0 bridgehead atoms. The fourth-order valence-corrected chi connectivity index (χ4v) is 2.13. The van der Waals surface area contributed by atoms with Gasteiger partial charge in [-0.15, -0.1) is 0 Å². The van der Waals surface area contributed by atoms with Gasteiger partial charge in [-0.05, 0) is 24.6 Å². The average molecular weight is 268 g/mol. The summed E-state index contributed by atoms with van der Waals surface area (Å²) >= 11 is 0. The molecule has 0 saturated carbocycles. The van der Waals surface area contributed by atoms with E-state index in [1.807, 2.05) is 0 Å². The zero-order chi connectivity index (χ0) is 14.0. The number of carbonyl (C=O) groups is 1. The molecule has 2 rings (SSSR count). The van der Waals surface area contributed by atoms with Crippen LogP contribution in [0.4, 0.5) is 18.9 Å². The molecule has 19 heavy (non-hydrogen) atoms. The van der Waals surface area contributed by atoms with Crippen LogP contribution in [0.2, 0.25) is 0 Å². The number of hydrogen-bond acceptors (Lipinski definition) is 3. The Labute approximate surface area is 108 Å². The molecule has 0 amide bonds. The highest BCUT2D eigenvalue weighted by molar-refractivity contribution is 5.84. The molecule has 0 unspecified atom stereocenters. The lowest BCUT2D eigenvalue weighted by Crippen LogP contribution is -2.35. The molecule has 0 spiro atoms. The van der Waals surface area contributed by atoms with Crippen LogP contribution in [0.25, 0.3) is 0 Å². The van der Waals surface area contributed by atoms with E-state index in [-0.39, 0.29) is 12.3 Å². The lowest BCUT2D eigenvalue weighted by molar-refractivity contribution is -0.137. The minimum absolute atomic E-state index is 0.0599. The fourth-order valence-electron chi connectivity index (χ4n) is 2.13. The molecule has 1 aromatic carbocycles. The SMILES string of the molecule is N#Cc1cc(N2CCCC(=O)C2)ccc1C(F)(F)F. The normalized spacial score (nSPS) is 16.3. The predicted molar refractivity (Wildman–Crippen MR) is 62.6 cm³/mol. The van der Waals surface area contributed by atoms with E-state index in [0.29, 0.717) is 25.1 Å². The van der Waals surface area contributed by atoms with E-state index >= 15 is 0 Å². The number of ketones is 1. The zero-order valence-electron chi connectivity index (χ0n) is 10.00. The van der Waals surface area contributed by atoms with Crippen molar-refractivity contribution in [3.63, 3.8) is 0 Å². The Kier molecular flexibility index (Phi) is 3.47. The van der Waals surface area contributed by atoms with Gasteiger partial charge >= 0.3 is 6.18 Å². The zero-order valence-corrected chi connectivity index (χ0v) is 10.00. The van der Waals surface area contributed by atoms with E-state index in [4.69, 9.17) is 5.26 Å². The maximum Gasteiger partial charge on any atom is 0.417 e. The van der Waals surface area contributed by atoms with Gasteiger partial charge in [-0.25, -0.2) is 0 Å². The summed E-state index contributed by atoms with van der Waals surface area (Å²) < 4.78 is 38.0. The average Bonchev–Trinajstić information content (AvgIpc) is 2.37. The number of nitriles is 1. The van der Waals surface area contributed by atoms with E-state index < -0.39 is 17.3 Å². The second kappa shape index (κ2) is 4.92. The third kappa shape index (κ3) is 2.87. The minimum atomic E-state index is -4.54. The fraction of sp³-hybridized carbons (Fsp3) is 0.385. The summed E-state index contributed by atoms with van der Waals surface area (Å²) in [4.78, 5) is 13.0. The quantitative estimate of drug-likeness (QED) is 0.786. The summed E-state index contributed by atoms with van der Waals surface area (Å²) in [5, 5.41) is 8.82.